The number of hydrogen-bond acceptors (Lipinski definition) is 4. The molecular formula is C22H21F3N6O4. The molecule has 1 aromatic heterocycles. The molecule has 1 heterocycles. The molecule has 3 rings (SSSR count). The number of halogens is 3. The number of carbonyl (C=O) groups is 3. The molecule has 13 heteroatoms. The van der Waals surface area contributed by atoms with E-state index in [-0.39, 0.29) is 18.1 Å². The van der Waals surface area contributed by atoms with Crippen LogP contribution in [0.5, 0.6) is 0 Å². The van der Waals surface area contributed by atoms with Gasteiger partial charge in [0.25, 0.3) is 0 Å². The minimum absolute atomic E-state index is 0.0248. The highest BCUT2D eigenvalue weighted by Crippen LogP contribution is 2.31. The summed E-state index contributed by atoms with van der Waals surface area (Å²) in [7, 11) is 0. The van der Waals surface area contributed by atoms with Crippen molar-refractivity contribution in [2.75, 3.05) is 10.6 Å². The molecule has 0 saturated carbocycles. The van der Waals surface area contributed by atoms with E-state index in [0.717, 1.165) is 4.68 Å². The Morgan fingerprint density at radius 3 is 2.40 bits per heavy atom. The average molecular weight is 490 g/mol. The Labute approximate surface area is 197 Å². The molecular weight excluding hydrogens is 469 g/mol. The Bertz CT molecular complexity index is 1210. The van der Waals surface area contributed by atoms with Crippen molar-refractivity contribution in [1.82, 2.24) is 20.4 Å². The van der Waals surface area contributed by atoms with Gasteiger partial charge in [0, 0.05) is 18.3 Å². The standard InChI is InChI=1S/C22H21F3N6O4/c1-13(27-21(34)35)19(32)26-12-14-6-5-9-16(10-14)31-18(11-17(30-31)22(23,24)25)29-20(33)28-15-7-3-2-4-8-15/h2-11,13,27H,12H2,1H3,(H,26,32)(H,34,35)(H2,28,29,33)/t13-/m0/s1. The van der Waals surface area contributed by atoms with Crippen molar-refractivity contribution in [3.63, 3.8) is 0 Å². The zero-order valence-corrected chi connectivity index (χ0v) is 18.3. The molecule has 0 aliphatic heterocycles. The van der Waals surface area contributed by atoms with E-state index in [1.807, 2.05) is 5.32 Å². The zero-order valence-electron chi connectivity index (χ0n) is 18.3. The third-order valence-corrected chi connectivity index (χ3v) is 4.63. The first kappa shape index (κ1) is 25.1. The van der Waals surface area contributed by atoms with E-state index in [0.29, 0.717) is 17.3 Å². The Kier molecular flexibility index (Phi) is 7.59. The van der Waals surface area contributed by atoms with Crippen LogP contribution in [-0.4, -0.2) is 39.0 Å². The van der Waals surface area contributed by atoms with Crippen LogP contribution in [0, 0.1) is 0 Å². The van der Waals surface area contributed by atoms with Gasteiger partial charge in [-0.2, -0.15) is 18.3 Å². The predicted molar refractivity (Wildman–Crippen MR) is 120 cm³/mol. The predicted octanol–water partition coefficient (Wildman–Crippen LogP) is 3.81. The highest BCUT2D eigenvalue weighted by Gasteiger charge is 2.35. The monoisotopic (exact) mass is 490 g/mol. The summed E-state index contributed by atoms with van der Waals surface area (Å²) in [4.78, 5) is 35.0. The van der Waals surface area contributed by atoms with Gasteiger partial charge >= 0.3 is 18.3 Å². The molecule has 0 bridgehead atoms. The number of benzene rings is 2. The fraction of sp³-hybridized carbons (Fsp3) is 0.182. The zero-order chi connectivity index (χ0) is 25.6. The number of carboxylic acid groups (broad SMARTS) is 1. The maximum atomic E-state index is 13.3. The molecule has 4 amide bonds. The maximum absolute atomic E-state index is 13.3. The van der Waals surface area contributed by atoms with Gasteiger partial charge in [0.05, 0.1) is 5.69 Å². The number of amides is 4. The lowest BCUT2D eigenvalue weighted by molar-refractivity contribution is -0.141. The average Bonchev–Trinajstić information content (AvgIpc) is 3.22. The molecule has 0 saturated heterocycles. The van der Waals surface area contributed by atoms with Crippen LogP contribution in [0.15, 0.2) is 60.7 Å². The molecule has 0 fully saturated rings. The van der Waals surface area contributed by atoms with Crippen molar-refractivity contribution >= 4 is 29.5 Å². The van der Waals surface area contributed by atoms with Crippen molar-refractivity contribution in [3.8, 4) is 5.69 Å². The number of carbonyl (C=O) groups excluding carboxylic acids is 2. The second kappa shape index (κ2) is 10.6. The van der Waals surface area contributed by atoms with Crippen LogP contribution in [0.2, 0.25) is 0 Å². The molecule has 184 valence electrons. The number of hydrogen-bond donors (Lipinski definition) is 5. The van der Waals surface area contributed by atoms with Crippen molar-refractivity contribution in [3.05, 3.63) is 71.9 Å². The lowest BCUT2D eigenvalue weighted by Gasteiger charge is -2.13. The molecule has 0 spiro atoms. The number of rotatable bonds is 7. The minimum Gasteiger partial charge on any atom is -0.465 e. The lowest BCUT2D eigenvalue weighted by atomic mass is 10.2. The number of nitrogens with zero attached hydrogens (tertiary/aromatic N) is 2. The number of anilines is 2. The summed E-state index contributed by atoms with van der Waals surface area (Å²) in [6.07, 6.45) is -6.11. The molecule has 0 unspecified atom stereocenters. The van der Waals surface area contributed by atoms with Gasteiger partial charge in [-0.05, 0) is 36.8 Å². The molecule has 0 aliphatic rings. The van der Waals surface area contributed by atoms with Gasteiger partial charge in [-0.25, -0.2) is 14.3 Å². The van der Waals surface area contributed by atoms with E-state index >= 15 is 0 Å². The van der Waals surface area contributed by atoms with E-state index in [1.54, 1.807) is 42.5 Å². The van der Waals surface area contributed by atoms with Crippen LogP contribution in [0.4, 0.5) is 34.3 Å². The second-order valence-corrected chi connectivity index (χ2v) is 7.33. The lowest BCUT2D eigenvalue weighted by Crippen LogP contribution is -2.44. The summed E-state index contributed by atoms with van der Waals surface area (Å²) in [5.41, 5.74) is -0.0719. The van der Waals surface area contributed by atoms with Crippen LogP contribution in [-0.2, 0) is 17.5 Å². The van der Waals surface area contributed by atoms with E-state index in [2.05, 4.69) is 21.0 Å². The van der Waals surface area contributed by atoms with Crippen LogP contribution < -0.4 is 21.3 Å². The summed E-state index contributed by atoms with van der Waals surface area (Å²) < 4.78 is 40.9. The maximum Gasteiger partial charge on any atom is 0.435 e. The first-order valence-corrected chi connectivity index (χ1v) is 10.2. The number of para-hydroxylation sites is 1. The summed E-state index contributed by atoms with van der Waals surface area (Å²) in [5.74, 6) is -0.817. The first-order valence-electron chi connectivity index (χ1n) is 10.2. The summed E-state index contributed by atoms with van der Waals surface area (Å²) in [6, 6.07) is 13.4. The van der Waals surface area contributed by atoms with Crippen LogP contribution in [0.1, 0.15) is 18.2 Å². The Balaban J connectivity index is 1.81. The van der Waals surface area contributed by atoms with Gasteiger partial charge < -0.3 is 21.1 Å². The largest absolute Gasteiger partial charge is 0.465 e. The SMILES string of the molecule is C[C@H](NC(=O)O)C(=O)NCc1cccc(-n2nc(C(F)(F)F)cc2NC(=O)Nc2ccccc2)c1. The number of urea groups is 1. The fourth-order valence-electron chi connectivity index (χ4n) is 3.00. The van der Waals surface area contributed by atoms with Gasteiger partial charge in [0.1, 0.15) is 11.9 Å². The van der Waals surface area contributed by atoms with Crippen LogP contribution in [0.3, 0.4) is 0 Å². The summed E-state index contributed by atoms with van der Waals surface area (Å²) >= 11 is 0. The Hall–Kier alpha value is -4.55. The molecule has 35 heavy (non-hydrogen) atoms. The second-order valence-electron chi connectivity index (χ2n) is 7.33. The van der Waals surface area contributed by atoms with Gasteiger partial charge in [-0.3, -0.25) is 10.1 Å². The highest BCUT2D eigenvalue weighted by molar-refractivity contribution is 5.99. The van der Waals surface area contributed by atoms with E-state index in [4.69, 9.17) is 5.11 Å². The number of nitrogens with one attached hydrogen (secondary N) is 4. The third-order valence-electron chi connectivity index (χ3n) is 4.63. The molecule has 2 aromatic carbocycles. The quantitative estimate of drug-likeness (QED) is 0.343. The van der Waals surface area contributed by atoms with Crippen molar-refractivity contribution in [1.29, 1.82) is 0 Å². The number of aromatic nitrogens is 2. The highest BCUT2D eigenvalue weighted by atomic mass is 19.4. The Morgan fingerprint density at radius 2 is 1.74 bits per heavy atom. The molecule has 3 aromatic rings. The molecule has 1 atom stereocenters. The number of alkyl halides is 3. The normalized spacial score (nSPS) is 11.9. The van der Waals surface area contributed by atoms with Gasteiger partial charge in [-0.15, -0.1) is 0 Å². The molecule has 0 aliphatic carbocycles. The minimum atomic E-state index is -4.75. The van der Waals surface area contributed by atoms with Gasteiger partial charge in [-0.1, -0.05) is 30.3 Å². The summed E-state index contributed by atoms with van der Waals surface area (Å²) in [5, 5.41) is 21.7. The third kappa shape index (κ3) is 6.96. The fourth-order valence-corrected chi connectivity index (χ4v) is 3.00. The van der Waals surface area contributed by atoms with E-state index < -0.39 is 35.9 Å². The van der Waals surface area contributed by atoms with Crippen molar-refractivity contribution in [2.24, 2.45) is 0 Å². The van der Waals surface area contributed by atoms with E-state index in [1.165, 1.54) is 19.1 Å². The molecule has 0 radical (unpaired) electrons. The summed E-state index contributed by atoms with van der Waals surface area (Å²) in [6.45, 7) is 1.34. The Morgan fingerprint density at radius 1 is 1.03 bits per heavy atom. The van der Waals surface area contributed by atoms with E-state index in [9.17, 15) is 27.6 Å². The topological polar surface area (TPSA) is 137 Å². The van der Waals surface area contributed by atoms with Gasteiger partial charge in [0.2, 0.25) is 5.91 Å². The van der Waals surface area contributed by atoms with Crippen LogP contribution >= 0.6 is 0 Å². The molecule has 5 N–H and O–H groups in total. The van der Waals surface area contributed by atoms with Gasteiger partial charge in [0.15, 0.2) is 5.69 Å². The molecule has 10 nitrogen and oxygen atoms in total. The smallest absolute Gasteiger partial charge is 0.435 e. The van der Waals surface area contributed by atoms with Crippen molar-refractivity contribution < 1.29 is 32.7 Å². The van der Waals surface area contributed by atoms with Crippen molar-refractivity contribution in [2.45, 2.75) is 25.7 Å². The van der Waals surface area contributed by atoms with Crippen LogP contribution in [0.25, 0.3) is 5.69 Å². The first-order chi connectivity index (χ1) is 16.5.